The molecule has 1 saturated carbocycles. The van der Waals surface area contributed by atoms with Crippen LogP contribution in [0.4, 0.5) is 0 Å². The maximum Gasteiger partial charge on any atom is 0.227 e. The summed E-state index contributed by atoms with van der Waals surface area (Å²) in [5, 5.41) is 5.48. The van der Waals surface area contributed by atoms with Gasteiger partial charge in [0.25, 0.3) is 0 Å². The number of aromatic nitrogens is 8. The number of nitrogens with zero attached hydrogens (tertiary/aromatic N) is 8. The smallest absolute Gasteiger partial charge is 0.227 e. The number of methoxy groups -OCH3 is 1. The molecule has 1 aliphatic rings. The number of ether oxygens (including phenoxy) is 1. The molecule has 4 heterocycles. The molecule has 0 amide bonds. The standard InChI is InChI=1S/C27H28N8O/c1-16(2)34-13-17(3)32-25(34)20-7-5-18(6-8-20)14-35-26-21(12-31-35)11-28-24(33-26)22-23(19-9-10-19)29-15-30-27(22)36-4/h5-8,11-13,15-16,19H,9-10,14H2,1-4H3. The molecule has 9 nitrogen and oxygen atoms in total. The van der Waals surface area contributed by atoms with E-state index in [2.05, 4.69) is 68.9 Å². The van der Waals surface area contributed by atoms with Crippen LogP contribution in [0.5, 0.6) is 5.88 Å². The normalized spacial score (nSPS) is 13.6. The van der Waals surface area contributed by atoms with Gasteiger partial charge < -0.3 is 9.30 Å². The molecule has 0 aliphatic heterocycles. The van der Waals surface area contributed by atoms with E-state index in [9.17, 15) is 0 Å². The Morgan fingerprint density at radius 3 is 2.56 bits per heavy atom. The van der Waals surface area contributed by atoms with Crippen LogP contribution in [0.3, 0.4) is 0 Å². The van der Waals surface area contributed by atoms with Crippen LogP contribution in [0.1, 0.15) is 55.6 Å². The lowest BCUT2D eigenvalue weighted by atomic mass is 10.1. The van der Waals surface area contributed by atoms with Gasteiger partial charge in [0.1, 0.15) is 17.7 Å². The van der Waals surface area contributed by atoms with Gasteiger partial charge in [0.2, 0.25) is 5.88 Å². The Bertz CT molecular complexity index is 1550. The Balaban J connectivity index is 1.33. The van der Waals surface area contributed by atoms with Crippen molar-refractivity contribution in [1.82, 2.24) is 39.3 Å². The second-order valence-electron chi connectivity index (χ2n) is 9.60. The average molecular weight is 481 g/mol. The zero-order chi connectivity index (χ0) is 24.8. The Labute approximate surface area is 209 Å². The minimum Gasteiger partial charge on any atom is -0.480 e. The van der Waals surface area contributed by atoms with Crippen molar-refractivity contribution in [3.8, 4) is 28.7 Å². The van der Waals surface area contributed by atoms with Gasteiger partial charge in [-0.15, -0.1) is 0 Å². The van der Waals surface area contributed by atoms with Crippen LogP contribution < -0.4 is 4.74 Å². The summed E-state index contributed by atoms with van der Waals surface area (Å²) in [5.74, 6) is 2.47. The molecular weight excluding hydrogens is 452 g/mol. The zero-order valence-corrected chi connectivity index (χ0v) is 20.9. The molecule has 0 N–H and O–H groups in total. The van der Waals surface area contributed by atoms with Crippen molar-refractivity contribution >= 4 is 11.0 Å². The number of fused-ring (bicyclic) bond motifs is 1. The first kappa shape index (κ1) is 22.3. The fourth-order valence-electron chi connectivity index (χ4n) is 4.57. The van der Waals surface area contributed by atoms with Crippen molar-refractivity contribution in [3.63, 3.8) is 0 Å². The molecule has 0 atom stereocenters. The van der Waals surface area contributed by atoms with E-state index < -0.39 is 0 Å². The van der Waals surface area contributed by atoms with Gasteiger partial charge in [-0.1, -0.05) is 24.3 Å². The maximum atomic E-state index is 5.55. The summed E-state index contributed by atoms with van der Waals surface area (Å²) in [6, 6.07) is 8.84. The van der Waals surface area contributed by atoms with Crippen molar-refractivity contribution in [1.29, 1.82) is 0 Å². The van der Waals surface area contributed by atoms with Crippen molar-refractivity contribution < 1.29 is 4.74 Å². The van der Waals surface area contributed by atoms with E-state index in [0.717, 1.165) is 57.8 Å². The summed E-state index contributed by atoms with van der Waals surface area (Å²) in [6.45, 7) is 6.96. The molecule has 0 saturated heterocycles. The SMILES string of the molecule is COc1ncnc(C2CC2)c1-c1ncc2cnn(Cc3ccc(-c4nc(C)cn4C(C)C)cc3)c2n1. The van der Waals surface area contributed by atoms with Crippen LogP contribution in [0.15, 0.2) is 49.2 Å². The molecule has 0 spiro atoms. The number of imidazole rings is 1. The maximum absolute atomic E-state index is 5.55. The highest BCUT2D eigenvalue weighted by Gasteiger charge is 2.31. The van der Waals surface area contributed by atoms with Crippen LogP contribution in [-0.4, -0.2) is 46.4 Å². The van der Waals surface area contributed by atoms with E-state index in [-0.39, 0.29) is 0 Å². The van der Waals surface area contributed by atoms with Crippen molar-refractivity contribution in [3.05, 3.63) is 66.1 Å². The van der Waals surface area contributed by atoms with Gasteiger partial charge in [-0.25, -0.2) is 29.6 Å². The van der Waals surface area contributed by atoms with E-state index >= 15 is 0 Å². The number of rotatable bonds is 7. The summed E-state index contributed by atoms with van der Waals surface area (Å²) in [7, 11) is 1.61. The van der Waals surface area contributed by atoms with Crippen LogP contribution in [0.25, 0.3) is 33.8 Å². The van der Waals surface area contributed by atoms with E-state index in [0.29, 0.717) is 30.2 Å². The molecule has 0 radical (unpaired) electrons. The first-order valence-corrected chi connectivity index (χ1v) is 12.2. The Kier molecular flexibility index (Phi) is 5.47. The number of benzene rings is 1. The highest BCUT2D eigenvalue weighted by atomic mass is 16.5. The second kappa shape index (κ2) is 8.82. The fraction of sp³-hybridized carbons (Fsp3) is 0.333. The van der Waals surface area contributed by atoms with Crippen LogP contribution in [0.2, 0.25) is 0 Å². The zero-order valence-electron chi connectivity index (χ0n) is 20.9. The third kappa shape index (κ3) is 4.00. The van der Waals surface area contributed by atoms with Gasteiger partial charge in [-0.05, 0) is 39.2 Å². The summed E-state index contributed by atoms with van der Waals surface area (Å²) in [4.78, 5) is 23.1. The number of hydrogen-bond acceptors (Lipinski definition) is 7. The van der Waals surface area contributed by atoms with Gasteiger partial charge in [-0.2, -0.15) is 5.10 Å². The third-order valence-corrected chi connectivity index (χ3v) is 6.55. The third-order valence-electron chi connectivity index (χ3n) is 6.55. The molecule has 1 aliphatic carbocycles. The Morgan fingerprint density at radius 1 is 1.03 bits per heavy atom. The molecular formula is C27H28N8O. The first-order chi connectivity index (χ1) is 17.5. The van der Waals surface area contributed by atoms with Crippen LogP contribution in [-0.2, 0) is 6.54 Å². The highest BCUT2D eigenvalue weighted by Crippen LogP contribution is 2.44. The summed E-state index contributed by atoms with van der Waals surface area (Å²) in [6.07, 6.45) is 9.48. The van der Waals surface area contributed by atoms with Crippen LogP contribution in [0, 0.1) is 6.92 Å². The lowest BCUT2D eigenvalue weighted by Gasteiger charge is -2.12. The lowest BCUT2D eigenvalue weighted by Crippen LogP contribution is -2.05. The van der Waals surface area contributed by atoms with Gasteiger partial charge >= 0.3 is 0 Å². The topological polar surface area (TPSA) is 96.4 Å². The molecule has 6 rings (SSSR count). The minimum atomic E-state index is 0.347. The van der Waals surface area contributed by atoms with Crippen molar-refractivity contribution in [2.75, 3.05) is 7.11 Å². The molecule has 9 heteroatoms. The van der Waals surface area contributed by atoms with E-state index in [1.807, 2.05) is 11.6 Å². The van der Waals surface area contributed by atoms with Gasteiger partial charge in [0.15, 0.2) is 11.5 Å². The molecule has 1 fully saturated rings. The van der Waals surface area contributed by atoms with Gasteiger partial charge in [-0.3, -0.25) is 0 Å². The molecule has 0 bridgehead atoms. The predicted octanol–water partition coefficient (Wildman–Crippen LogP) is 4.97. The van der Waals surface area contributed by atoms with E-state index in [4.69, 9.17) is 14.7 Å². The van der Waals surface area contributed by atoms with Crippen molar-refractivity contribution in [2.24, 2.45) is 0 Å². The average Bonchev–Trinajstić information content (AvgIpc) is 3.56. The Morgan fingerprint density at radius 2 is 1.83 bits per heavy atom. The molecule has 182 valence electrons. The first-order valence-electron chi connectivity index (χ1n) is 12.2. The molecule has 36 heavy (non-hydrogen) atoms. The molecule has 5 aromatic rings. The van der Waals surface area contributed by atoms with E-state index in [1.165, 1.54) is 0 Å². The van der Waals surface area contributed by atoms with Crippen LogP contribution >= 0.6 is 0 Å². The molecule has 4 aromatic heterocycles. The summed E-state index contributed by atoms with van der Waals surface area (Å²) < 4.78 is 9.66. The number of aryl methyl sites for hydroxylation is 1. The lowest BCUT2D eigenvalue weighted by molar-refractivity contribution is 0.397. The minimum absolute atomic E-state index is 0.347. The Hall–Kier alpha value is -4.14. The van der Waals surface area contributed by atoms with E-state index in [1.54, 1.807) is 25.8 Å². The van der Waals surface area contributed by atoms with Crippen molar-refractivity contribution in [2.45, 2.75) is 52.1 Å². The largest absolute Gasteiger partial charge is 0.480 e. The molecule has 1 aromatic carbocycles. The monoisotopic (exact) mass is 480 g/mol. The quantitative estimate of drug-likeness (QED) is 0.324. The fourth-order valence-corrected chi connectivity index (χ4v) is 4.57. The number of hydrogen-bond donors (Lipinski definition) is 0. The second-order valence-corrected chi connectivity index (χ2v) is 9.60. The van der Waals surface area contributed by atoms with Gasteiger partial charge in [0, 0.05) is 29.9 Å². The predicted molar refractivity (Wildman–Crippen MR) is 137 cm³/mol. The molecule has 0 unspecified atom stereocenters. The van der Waals surface area contributed by atoms with Gasteiger partial charge in [0.05, 0.1) is 36.6 Å². The highest BCUT2D eigenvalue weighted by molar-refractivity contribution is 5.77. The summed E-state index contributed by atoms with van der Waals surface area (Å²) >= 11 is 0. The summed E-state index contributed by atoms with van der Waals surface area (Å²) in [5.41, 5.74) is 5.74.